The van der Waals surface area contributed by atoms with Crippen LogP contribution in [0.1, 0.15) is 62.3 Å². The molecule has 3 N–H and O–H groups in total. The average Bonchev–Trinajstić information content (AvgIpc) is 3.19. The number of aromatic amines is 1. The van der Waals surface area contributed by atoms with Crippen molar-refractivity contribution in [3.63, 3.8) is 0 Å². The molecule has 0 bridgehead atoms. The SMILES string of the molecule is CC(C)(C)c1ccc(C2CC(=O)C3=C(C2)Nc2ccccc2NC3c2c[nH]c3ccccc23)cc1. The van der Waals surface area contributed by atoms with E-state index in [0.29, 0.717) is 6.42 Å². The minimum Gasteiger partial charge on any atom is -0.372 e. The molecule has 2 unspecified atom stereocenters. The lowest BCUT2D eigenvalue weighted by atomic mass is 9.77. The number of H-pyrrole nitrogens is 1. The van der Waals surface area contributed by atoms with Crippen molar-refractivity contribution < 1.29 is 4.79 Å². The summed E-state index contributed by atoms with van der Waals surface area (Å²) in [7, 11) is 0. The number of rotatable bonds is 2. The van der Waals surface area contributed by atoms with Crippen LogP contribution in [0.2, 0.25) is 0 Å². The molecule has 0 radical (unpaired) electrons. The highest BCUT2D eigenvalue weighted by molar-refractivity contribution is 6.02. The van der Waals surface area contributed by atoms with E-state index in [2.05, 4.69) is 91.0 Å². The molecule has 4 aromatic rings. The first kappa shape index (κ1) is 21.7. The van der Waals surface area contributed by atoms with E-state index in [1.165, 1.54) is 11.1 Å². The van der Waals surface area contributed by atoms with Crippen LogP contribution in [0.25, 0.3) is 10.9 Å². The summed E-state index contributed by atoms with van der Waals surface area (Å²) in [6.07, 6.45) is 3.38. The fourth-order valence-corrected chi connectivity index (χ4v) is 5.55. The number of benzene rings is 3. The average molecular weight is 462 g/mol. The van der Waals surface area contributed by atoms with Crippen molar-refractivity contribution >= 4 is 28.1 Å². The van der Waals surface area contributed by atoms with E-state index < -0.39 is 0 Å². The lowest BCUT2D eigenvalue weighted by Crippen LogP contribution is -2.26. The maximum Gasteiger partial charge on any atom is 0.163 e. The van der Waals surface area contributed by atoms with E-state index in [1.54, 1.807) is 0 Å². The second kappa shape index (κ2) is 8.16. The van der Waals surface area contributed by atoms with Gasteiger partial charge in [-0.15, -0.1) is 0 Å². The van der Waals surface area contributed by atoms with Gasteiger partial charge in [-0.05, 0) is 47.1 Å². The van der Waals surface area contributed by atoms with Crippen molar-refractivity contribution in [2.75, 3.05) is 10.6 Å². The molecule has 2 atom stereocenters. The minimum atomic E-state index is -0.214. The Morgan fingerprint density at radius 3 is 2.31 bits per heavy atom. The third-order valence-electron chi connectivity index (χ3n) is 7.49. The first-order valence-corrected chi connectivity index (χ1v) is 12.4. The zero-order valence-corrected chi connectivity index (χ0v) is 20.5. The number of ketones is 1. The quantitative estimate of drug-likeness (QED) is 0.291. The number of aromatic nitrogens is 1. The summed E-state index contributed by atoms with van der Waals surface area (Å²) in [5.74, 6) is 0.371. The van der Waals surface area contributed by atoms with E-state index >= 15 is 0 Å². The Morgan fingerprint density at radius 1 is 0.829 bits per heavy atom. The summed E-state index contributed by atoms with van der Waals surface area (Å²) >= 11 is 0. The predicted molar refractivity (Wildman–Crippen MR) is 144 cm³/mol. The molecule has 0 saturated carbocycles. The normalized spacial score (nSPS) is 20.0. The van der Waals surface area contributed by atoms with Crippen LogP contribution in [0.15, 0.2) is 90.3 Å². The Bertz CT molecular complexity index is 1450. The van der Waals surface area contributed by atoms with Crippen molar-refractivity contribution in [3.05, 3.63) is 107 Å². The zero-order chi connectivity index (χ0) is 24.2. The topological polar surface area (TPSA) is 56.9 Å². The van der Waals surface area contributed by atoms with Gasteiger partial charge < -0.3 is 15.6 Å². The summed E-state index contributed by atoms with van der Waals surface area (Å²) in [5, 5.41) is 8.50. The van der Waals surface area contributed by atoms with Crippen LogP contribution in [0, 0.1) is 0 Å². The number of hydrogen-bond acceptors (Lipinski definition) is 3. The largest absolute Gasteiger partial charge is 0.372 e. The van der Waals surface area contributed by atoms with Crippen LogP contribution in [0.3, 0.4) is 0 Å². The molecule has 1 aliphatic heterocycles. The van der Waals surface area contributed by atoms with E-state index in [1.807, 2.05) is 24.4 Å². The van der Waals surface area contributed by atoms with E-state index in [4.69, 9.17) is 0 Å². The Hall–Kier alpha value is -3.79. The summed E-state index contributed by atoms with van der Waals surface area (Å²) in [6.45, 7) is 6.69. The molecule has 0 spiro atoms. The number of fused-ring (bicyclic) bond motifs is 2. The molecular weight excluding hydrogens is 430 g/mol. The Balaban J connectivity index is 1.43. The maximum atomic E-state index is 13.8. The molecule has 1 aliphatic carbocycles. The number of carbonyl (C=O) groups excluding carboxylic acids is 1. The number of nitrogens with one attached hydrogen (secondary N) is 3. The minimum absolute atomic E-state index is 0.112. The van der Waals surface area contributed by atoms with Crippen LogP contribution in [0.4, 0.5) is 11.4 Å². The molecule has 2 heterocycles. The first-order valence-electron chi connectivity index (χ1n) is 12.4. The lowest BCUT2D eigenvalue weighted by Gasteiger charge is -2.30. The lowest BCUT2D eigenvalue weighted by molar-refractivity contribution is -0.116. The molecule has 1 aromatic heterocycles. The van der Waals surface area contributed by atoms with Gasteiger partial charge in [0.15, 0.2) is 5.78 Å². The molecule has 6 rings (SSSR count). The Morgan fingerprint density at radius 2 is 1.54 bits per heavy atom. The van der Waals surface area contributed by atoms with Crippen LogP contribution in [0.5, 0.6) is 0 Å². The maximum absolute atomic E-state index is 13.8. The molecule has 176 valence electrons. The molecule has 4 nitrogen and oxygen atoms in total. The highest BCUT2D eigenvalue weighted by Crippen LogP contribution is 2.45. The Kier molecular flexibility index (Phi) is 5.06. The van der Waals surface area contributed by atoms with Gasteiger partial charge in [-0.3, -0.25) is 4.79 Å². The predicted octanol–water partition coefficient (Wildman–Crippen LogP) is 7.44. The highest BCUT2D eigenvalue weighted by Gasteiger charge is 2.37. The fraction of sp³-hybridized carbons (Fsp3) is 0.258. The van der Waals surface area contributed by atoms with Crippen molar-refractivity contribution in [2.24, 2.45) is 0 Å². The summed E-state index contributed by atoms with van der Waals surface area (Å²) in [5.41, 5.74) is 8.75. The molecule has 0 saturated heterocycles. The van der Waals surface area contributed by atoms with Gasteiger partial charge in [-0.1, -0.05) is 75.4 Å². The number of hydrogen-bond donors (Lipinski definition) is 3. The van der Waals surface area contributed by atoms with Crippen molar-refractivity contribution in [2.45, 2.75) is 51.0 Å². The smallest absolute Gasteiger partial charge is 0.163 e. The number of allylic oxidation sites excluding steroid dienone is 1. The molecule has 4 heteroatoms. The molecule has 3 aromatic carbocycles. The van der Waals surface area contributed by atoms with Gasteiger partial charge in [0.2, 0.25) is 0 Å². The number of para-hydroxylation sites is 3. The standard InChI is InChI=1S/C31H31N3O/c1-31(2,3)21-14-12-19(13-15-21)20-16-27-29(28(35)17-20)30(34-26-11-7-6-10-25(26)33-27)23-18-32-24-9-5-4-8-22(23)24/h4-15,18,20,30,32-34H,16-17H2,1-3H3. The highest BCUT2D eigenvalue weighted by atomic mass is 16.1. The molecule has 2 aliphatic rings. The van der Waals surface area contributed by atoms with E-state index in [-0.39, 0.29) is 23.2 Å². The third-order valence-corrected chi connectivity index (χ3v) is 7.49. The van der Waals surface area contributed by atoms with Crippen LogP contribution >= 0.6 is 0 Å². The second-order valence-corrected chi connectivity index (χ2v) is 10.8. The third kappa shape index (κ3) is 3.83. The van der Waals surface area contributed by atoms with Gasteiger partial charge in [0, 0.05) is 40.4 Å². The number of Topliss-reactive ketones (excluding diaryl/α,β-unsaturated/α-hetero) is 1. The van der Waals surface area contributed by atoms with Crippen LogP contribution in [-0.2, 0) is 10.2 Å². The zero-order valence-electron chi connectivity index (χ0n) is 20.5. The first-order chi connectivity index (χ1) is 16.9. The second-order valence-electron chi connectivity index (χ2n) is 10.8. The van der Waals surface area contributed by atoms with Gasteiger partial charge in [0.1, 0.15) is 0 Å². The molecule has 0 amide bonds. The Labute approximate surface area is 206 Å². The summed E-state index contributed by atoms with van der Waals surface area (Å²) < 4.78 is 0. The van der Waals surface area contributed by atoms with Gasteiger partial charge in [-0.25, -0.2) is 0 Å². The van der Waals surface area contributed by atoms with E-state index in [0.717, 1.165) is 45.5 Å². The van der Waals surface area contributed by atoms with Gasteiger partial charge >= 0.3 is 0 Å². The summed E-state index contributed by atoms with van der Waals surface area (Å²) in [6, 6.07) is 25.2. The fourth-order valence-electron chi connectivity index (χ4n) is 5.55. The van der Waals surface area contributed by atoms with Crippen molar-refractivity contribution in [1.82, 2.24) is 4.98 Å². The molecular formula is C31H31N3O. The van der Waals surface area contributed by atoms with Crippen molar-refractivity contribution in [3.8, 4) is 0 Å². The van der Waals surface area contributed by atoms with Crippen LogP contribution < -0.4 is 10.6 Å². The monoisotopic (exact) mass is 461 g/mol. The van der Waals surface area contributed by atoms with Gasteiger partial charge in [0.25, 0.3) is 0 Å². The number of anilines is 2. The van der Waals surface area contributed by atoms with Crippen molar-refractivity contribution in [1.29, 1.82) is 0 Å². The summed E-state index contributed by atoms with van der Waals surface area (Å²) in [4.78, 5) is 17.2. The molecule has 0 fully saturated rings. The van der Waals surface area contributed by atoms with E-state index in [9.17, 15) is 4.79 Å². The molecule has 35 heavy (non-hydrogen) atoms. The van der Waals surface area contributed by atoms with Gasteiger partial charge in [-0.2, -0.15) is 0 Å². The number of carbonyl (C=O) groups is 1. The van der Waals surface area contributed by atoms with Gasteiger partial charge in [0.05, 0.1) is 17.4 Å². The van der Waals surface area contributed by atoms with Crippen LogP contribution in [-0.4, -0.2) is 10.8 Å².